The molecule has 1 heterocycles. The number of nitrogens with two attached hydrogens (primary N) is 1. The van der Waals surface area contributed by atoms with E-state index in [1.165, 1.54) is 25.7 Å². The van der Waals surface area contributed by atoms with Crippen LogP contribution in [0.15, 0.2) is 0 Å². The maximum absolute atomic E-state index is 11.8. The van der Waals surface area contributed by atoms with Crippen LogP contribution in [-0.2, 0) is 11.3 Å². The van der Waals surface area contributed by atoms with E-state index in [1.807, 2.05) is 11.5 Å². The van der Waals surface area contributed by atoms with Crippen LogP contribution in [0.5, 0.6) is 0 Å². The number of anilines is 1. The van der Waals surface area contributed by atoms with Crippen molar-refractivity contribution in [3.8, 4) is 0 Å². The van der Waals surface area contributed by atoms with Gasteiger partial charge < -0.3 is 15.0 Å². The summed E-state index contributed by atoms with van der Waals surface area (Å²) in [4.78, 5) is 16.1. The van der Waals surface area contributed by atoms with Gasteiger partial charge in [0, 0.05) is 6.54 Å². The first-order valence-corrected chi connectivity index (χ1v) is 7.54. The average Bonchev–Trinajstić information content (AvgIpc) is 2.69. The zero-order valence-electron chi connectivity index (χ0n) is 12.7. The van der Waals surface area contributed by atoms with Gasteiger partial charge in [-0.15, -0.1) is 0 Å². The minimum absolute atomic E-state index is 0.257. The molecule has 112 valence electrons. The lowest BCUT2D eigenvalue weighted by Crippen LogP contribution is -2.23. The molecule has 0 spiro atoms. The molecule has 5 heteroatoms. The van der Waals surface area contributed by atoms with Crippen molar-refractivity contribution in [3.05, 3.63) is 11.5 Å². The topological polar surface area (TPSA) is 70.1 Å². The Hall–Kier alpha value is -1.52. The van der Waals surface area contributed by atoms with Crippen LogP contribution in [-0.4, -0.2) is 22.1 Å². The highest BCUT2D eigenvalue weighted by Crippen LogP contribution is 2.32. The lowest BCUT2D eigenvalue weighted by Gasteiger charge is -2.29. The molecule has 2 N–H and O–H groups in total. The molecule has 2 atom stereocenters. The summed E-state index contributed by atoms with van der Waals surface area (Å²) < 4.78 is 6.96. The Morgan fingerprint density at radius 3 is 2.80 bits per heavy atom. The van der Waals surface area contributed by atoms with Crippen LogP contribution in [0.1, 0.15) is 55.8 Å². The van der Waals surface area contributed by atoms with Crippen molar-refractivity contribution < 1.29 is 9.53 Å². The SMILES string of the molecule is CCOC(=O)c1nc(C)n(CC2CCCCC2C)c1N. The summed E-state index contributed by atoms with van der Waals surface area (Å²) in [6.45, 7) is 7.17. The van der Waals surface area contributed by atoms with E-state index in [0.29, 0.717) is 24.3 Å². The number of aromatic nitrogens is 2. The maximum atomic E-state index is 11.8. The molecule has 0 aliphatic heterocycles. The summed E-state index contributed by atoms with van der Waals surface area (Å²) in [7, 11) is 0. The Kier molecular flexibility index (Phi) is 4.68. The number of imidazole rings is 1. The molecule has 1 aliphatic rings. The maximum Gasteiger partial charge on any atom is 0.360 e. The fourth-order valence-corrected chi connectivity index (χ4v) is 3.06. The molecule has 2 rings (SSSR count). The number of nitrogen functional groups attached to an aromatic ring is 1. The van der Waals surface area contributed by atoms with Crippen LogP contribution in [0.4, 0.5) is 5.82 Å². The number of hydrogen-bond donors (Lipinski definition) is 1. The van der Waals surface area contributed by atoms with E-state index in [9.17, 15) is 4.79 Å². The predicted octanol–water partition coefficient (Wildman–Crippen LogP) is 2.78. The molecule has 1 aliphatic carbocycles. The molecule has 1 saturated carbocycles. The third kappa shape index (κ3) is 2.97. The summed E-state index contributed by atoms with van der Waals surface area (Å²) in [5.41, 5.74) is 6.35. The fraction of sp³-hybridized carbons (Fsp3) is 0.733. The Morgan fingerprint density at radius 1 is 1.45 bits per heavy atom. The van der Waals surface area contributed by atoms with E-state index in [-0.39, 0.29) is 5.69 Å². The van der Waals surface area contributed by atoms with Crippen LogP contribution < -0.4 is 5.73 Å². The molecule has 2 unspecified atom stereocenters. The molecule has 0 aromatic carbocycles. The molecular weight excluding hydrogens is 254 g/mol. The van der Waals surface area contributed by atoms with Gasteiger partial charge in [-0.05, 0) is 32.1 Å². The molecule has 1 fully saturated rings. The fourth-order valence-electron chi connectivity index (χ4n) is 3.06. The van der Waals surface area contributed by atoms with Gasteiger partial charge in [0.15, 0.2) is 5.69 Å². The standard InChI is InChI=1S/C15H25N3O2/c1-4-20-15(19)13-14(16)18(11(3)17-13)9-12-8-6-5-7-10(12)2/h10,12H,4-9,16H2,1-3H3. The predicted molar refractivity (Wildman–Crippen MR) is 78.5 cm³/mol. The number of esters is 1. The summed E-state index contributed by atoms with van der Waals surface area (Å²) in [5, 5.41) is 0. The van der Waals surface area contributed by atoms with Crippen molar-refractivity contribution in [1.29, 1.82) is 0 Å². The molecule has 5 nitrogen and oxygen atoms in total. The summed E-state index contributed by atoms with van der Waals surface area (Å²) in [5.74, 6) is 2.13. The lowest BCUT2D eigenvalue weighted by atomic mass is 9.80. The monoisotopic (exact) mass is 279 g/mol. The van der Waals surface area contributed by atoms with Gasteiger partial charge >= 0.3 is 5.97 Å². The number of ether oxygens (including phenoxy) is 1. The minimum Gasteiger partial charge on any atom is -0.461 e. The van der Waals surface area contributed by atoms with Gasteiger partial charge in [0.25, 0.3) is 0 Å². The van der Waals surface area contributed by atoms with Gasteiger partial charge in [-0.2, -0.15) is 0 Å². The highest BCUT2D eigenvalue weighted by Gasteiger charge is 2.25. The molecule has 0 bridgehead atoms. The van der Waals surface area contributed by atoms with E-state index in [2.05, 4.69) is 11.9 Å². The molecule has 1 aromatic rings. The minimum atomic E-state index is -0.427. The van der Waals surface area contributed by atoms with Gasteiger partial charge in [0.05, 0.1) is 6.61 Å². The van der Waals surface area contributed by atoms with Crippen molar-refractivity contribution in [2.45, 2.75) is 53.0 Å². The summed E-state index contributed by atoms with van der Waals surface area (Å²) >= 11 is 0. The number of aryl methyl sites for hydroxylation is 1. The van der Waals surface area contributed by atoms with E-state index in [4.69, 9.17) is 10.5 Å². The third-order valence-corrected chi connectivity index (χ3v) is 4.37. The number of carbonyl (C=O) groups is 1. The number of hydrogen-bond acceptors (Lipinski definition) is 4. The molecule has 0 radical (unpaired) electrons. The van der Waals surface area contributed by atoms with E-state index in [0.717, 1.165) is 12.4 Å². The summed E-state index contributed by atoms with van der Waals surface area (Å²) in [6, 6.07) is 0. The summed E-state index contributed by atoms with van der Waals surface area (Å²) in [6.07, 6.45) is 5.12. The second-order valence-electron chi connectivity index (χ2n) is 5.75. The van der Waals surface area contributed by atoms with Crippen molar-refractivity contribution >= 4 is 11.8 Å². The normalized spacial score (nSPS) is 22.8. The average molecular weight is 279 g/mol. The van der Waals surface area contributed by atoms with Crippen LogP contribution in [0.25, 0.3) is 0 Å². The number of nitrogens with zero attached hydrogens (tertiary/aromatic N) is 2. The van der Waals surface area contributed by atoms with Gasteiger partial charge in [-0.25, -0.2) is 9.78 Å². The molecule has 20 heavy (non-hydrogen) atoms. The van der Waals surface area contributed by atoms with Crippen LogP contribution in [0, 0.1) is 18.8 Å². The molecule has 0 amide bonds. The largest absolute Gasteiger partial charge is 0.461 e. The van der Waals surface area contributed by atoms with Crippen molar-refractivity contribution in [1.82, 2.24) is 9.55 Å². The zero-order valence-corrected chi connectivity index (χ0v) is 12.7. The van der Waals surface area contributed by atoms with Crippen LogP contribution >= 0.6 is 0 Å². The third-order valence-electron chi connectivity index (χ3n) is 4.37. The van der Waals surface area contributed by atoms with E-state index < -0.39 is 5.97 Å². The lowest BCUT2D eigenvalue weighted by molar-refractivity contribution is 0.0521. The Bertz CT molecular complexity index is 482. The van der Waals surface area contributed by atoms with Gasteiger partial charge in [0.1, 0.15) is 11.6 Å². The Balaban J connectivity index is 2.17. The van der Waals surface area contributed by atoms with Crippen molar-refractivity contribution in [3.63, 3.8) is 0 Å². The van der Waals surface area contributed by atoms with E-state index >= 15 is 0 Å². The van der Waals surface area contributed by atoms with Crippen molar-refractivity contribution in [2.75, 3.05) is 12.3 Å². The highest BCUT2D eigenvalue weighted by atomic mass is 16.5. The highest BCUT2D eigenvalue weighted by molar-refractivity contribution is 5.92. The van der Waals surface area contributed by atoms with E-state index in [1.54, 1.807) is 6.92 Å². The quantitative estimate of drug-likeness (QED) is 0.860. The Morgan fingerprint density at radius 2 is 2.15 bits per heavy atom. The second-order valence-corrected chi connectivity index (χ2v) is 5.75. The number of rotatable bonds is 4. The molecule has 1 aromatic heterocycles. The first-order chi connectivity index (χ1) is 9.54. The van der Waals surface area contributed by atoms with Crippen LogP contribution in [0.3, 0.4) is 0 Å². The first-order valence-electron chi connectivity index (χ1n) is 7.54. The van der Waals surface area contributed by atoms with Gasteiger partial charge in [-0.3, -0.25) is 0 Å². The molecule has 0 saturated heterocycles. The second kappa shape index (κ2) is 6.29. The van der Waals surface area contributed by atoms with Gasteiger partial charge in [-0.1, -0.05) is 26.2 Å². The first kappa shape index (κ1) is 14.9. The Labute approximate surface area is 120 Å². The number of carbonyl (C=O) groups excluding carboxylic acids is 1. The van der Waals surface area contributed by atoms with Crippen molar-refractivity contribution in [2.24, 2.45) is 11.8 Å². The molecular formula is C15H25N3O2. The smallest absolute Gasteiger partial charge is 0.360 e. The van der Waals surface area contributed by atoms with Crippen LogP contribution in [0.2, 0.25) is 0 Å². The zero-order chi connectivity index (χ0) is 14.7. The van der Waals surface area contributed by atoms with Gasteiger partial charge in [0.2, 0.25) is 0 Å².